The van der Waals surface area contributed by atoms with E-state index in [2.05, 4.69) is 10.3 Å². The lowest BCUT2D eigenvalue weighted by Crippen LogP contribution is -2.27. The average molecular weight is 280 g/mol. The van der Waals surface area contributed by atoms with Gasteiger partial charge in [-0.25, -0.2) is 9.78 Å². The van der Waals surface area contributed by atoms with Crippen molar-refractivity contribution in [3.63, 3.8) is 0 Å². The van der Waals surface area contributed by atoms with Gasteiger partial charge in [-0.3, -0.25) is 4.79 Å². The summed E-state index contributed by atoms with van der Waals surface area (Å²) in [5.74, 6) is -1.24. The van der Waals surface area contributed by atoms with E-state index in [1.807, 2.05) is 0 Å². The molecule has 19 heavy (non-hydrogen) atoms. The lowest BCUT2D eigenvalue weighted by molar-refractivity contribution is -0.142. The molecule has 6 nitrogen and oxygen atoms in total. The second-order valence-electron chi connectivity index (χ2n) is 3.74. The first-order chi connectivity index (χ1) is 9.16. The zero-order valence-electron chi connectivity index (χ0n) is 9.96. The van der Waals surface area contributed by atoms with Gasteiger partial charge < -0.3 is 15.2 Å². The SMILES string of the molecule is O=C(O)COCCNC(=O)c1ccc2ncsc2c1. The summed E-state index contributed by atoms with van der Waals surface area (Å²) in [5, 5.41) is 11.0. The third kappa shape index (κ3) is 3.73. The summed E-state index contributed by atoms with van der Waals surface area (Å²) >= 11 is 1.47. The number of amides is 1. The lowest BCUT2D eigenvalue weighted by atomic mass is 10.2. The highest BCUT2D eigenvalue weighted by Crippen LogP contribution is 2.18. The molecule has 0 aliphatic heterocycles. The summed E-state index contributed by atoms with van der Waals surface area (Å²) in [6, 6.07) is 5.28. The number of hydrogen-bond acceptors (Lipinski definition) is 5. The molecule has 0 spiro atoms. The molecule has 0 radical (unpaired) electrons. The summed E-state index contributed by atoms with van der Waals surface area (Å²) < 4.78 is 5.77. The van der Waals surface area contributed by atoms with Gasteiger partial charge in [-0.15, -0.1) is 11.3 Å². The number of fused-ring (bicyclic) bond motifs is 1. The standard InChI is InChI=1S/C12H12N2O4S/c15-11(16)6-18-4-3-13-12(17)8-1-2-9-10(5-8)19-7-14-9/h1-2,5,7H,3-4,6H2,(H,13,17)(H,15,16). The van der Waals surface area contributed by atoms with Crippen LogP contribution in [0.25, 0.3) is 10.2 Å². The Labute approximate surface area is 113 Å². The molecule has 2 N–H and O–H groups in total. The quantitative estimate of drug-likeness (QED) is 0.774. The van der Waals surface area contributed by atoms with Crippen molar-refractivity contribution in [1.82, 2.24) is 10.3 Å². The molecule has 0 aliphatic carbocycles. The number of carbonyl (C=O) groups is 2. The van der Waals surface area contributed by atoms with Crippen molar-refractivity contribution in [2.24, 2.45) is 0 Å². The smallest absolute Gasteiger partial charge is 0.329 e. The minimum atomic E-state index is -1.03. The molecule has 7 heteroatoms. The van der Waals surface area contributed by atoms with Crippen LogP contribution in [0.2, 0.25) is 0 Å². The summed E-state index contributed by atoms with van der Waals surface area (Å²) in [4.78, 5) is 26.1. The third-order valence-electron chi connectivity index (χ3n) is 2.35. The van der Waals surface area contributed by atoms with Crippen molar-refractivity contribution in [3.05, 3.63) is 29.3 Å². The molecule has 100 valence electrons. The number of carboxylic acid groups (broad SMARTS) is 1. The van der Waals surface area contributed by atoms with Crippen LogP contribution in [0.5, 0.6) is 0 Å². The summed E-state index contributed by atoms with van der Waals surface area (Å²) in [5.41, 5.74) is 3.15. The highest BCUT2D eigenvalue weighted by molar-refractivity contribution is 7.16. The van der Waals surface area contributed by atoms with Crippen LogP contribution in [-0.4, -0.2) is 41.7 Å². The Morgan fingerprint density at radius 2 is 2.26 bits per heavy atom. The second kappa shape index (κ2) is 6.26. The monoisotopic (exact) mass is 280 g/mol. The number of ether oxygens (including phenoxy) is 1. The molecule has 0 saturated heterocycles. The Hall–Kier alpha value is -1.99. The van der Waals surface area contributed by atoms with Gasteiger partial charge in [0.1, 0.15) is 6.61 Å². The fourth-order valence-electron chi connectivity index (χ4n) is 1.49. The number of nitrogens with zero attached hydrogens (tertiary/aromatic N) is 1. The first kappa shape index (κ1) is 13.4. The van der Waals surface area contributed by atoms with E-state index < -0.39 is 5.97 Å². The topological polar surface area (TPSA) is 88.5 Å². The Kier molecular flexibility index (Phi) is 4.43. The molecule has 0 fully saturated rings. The number of rotatable bonds is 6. The Balaban J connectivity index is 1.84. The number of aromatic nitrogens is 1. The maximum Gasteiger partial charge on any atom is 0.329 e. The van der Waals surface area contributed by atoms with Gasteiger partial charge in [-0.2, -0.15) is 0 Å². The van der Waals surface area contributed by atoms with Gasteiger partial charge in [-0.1, -0.05) is 0 Å². The maximum atomic E-state index is 11.8. The van der Waals surface area contributed by atoms with Crippen LogP contribution in [0.1, 0.15) is 10.4 Å². The minimum Gasteiger partial charge on any atom is -0.480 e. The highest BCUT2D eigenvalue weighted by Gasteiger charge is 2.07. The average Bonchev–Trinajstić information content (AvgIpc) is 2.84. The fourth-order valence-corrected chi connectivity index (χ4v) is 2.21. The fraction of sp³-hybridized carbons (Fsp3) is 0.250. The maximum absolute atomic E-state index is 11.8. The molecule has 0 bridgehead atoms. The van der Waals surface area contributed by atoms with Crippen LogP contribution in [0, 0.1) is 0 Å². The number of carbonyl (C=O) groups excluding carboxylic acids is 1. The van der Waals surface area contributed by atoms with E-state index in [0.29, 0.717) is 5.56 Å². The number of hydrogen-bond donors (Lipinski definition) is 2. The van der Waals surface area contributed by atoms with E-state index in [4.69, 9.17) is 9.84 Å². The highest BCUT2D eigenvalue weighted by atomic mass is 32.1. The van der Waals surface area contributed by atoms with Crippen molar-refractivity contribution >= 4 is 33.4 Å². The largest absolute Gasteiger partial charge is 0.480 e. The van der Waals surface area contributed by atoms with E-state index in [1.54, 1.807) is 23.7 Å². The number of carboxylic acids is 1. The van der Waals surface area contributed by atoms with Crippen LogP contribution >= 0.6 is 11.3 Å². The first-order valence-electron chi connectivity index (χ1n) is 5.58. The summed E-state index contributed by atoms with van der Waals surface area (Å²) in [6.45, 7) is 0.0797. The number of aliphatic carboxylic acids is 1. The van der Waals surface area contributed by atoms with Gasteiger partial charge >= 0.3 is 5.97 Å². The van der Waals surface area contributed by atoms with Gasteiger partial charge in [0.2, 0.25) is 0 Å². The molecule has 0 atom stereocenters. The molecule has 1 aromatic heterocycles. The molecular weight excluding hydrogens is 268 g/mol. The van der Waals surface area contributed by atoms with Crippen molar-refractivity contribution in [3.8, 4) is 0 Å². The summed E-state index contributed by atoms with van der Waals surface area (Å²) in [7, 11) is 0. The molecule has 1 amide bonds. The Morgan fingerprint density at radius 1 is 1.42 bits per heavy atom. The van der Waals surface area contributed by atoms with E-state index >= 15 is 0 Å². The Bertz CT molecular complexity index is 596. The molecule has 1 aromatic carbocycles. The Morgan fingerprint density at radius 3 is 3.05 bits per heavy atom. The van der Waals surface area contributed by atoms with Crippen molar-refractivity contribution in [2.45, 2.75) is 0 Å². The van der Waals surface area contributed by atoms with Crippen molar-refractivity contribution < 1.29 is 19.4 Å². The molecule has 2 rings (SSSR count). The molecule has 0 unspecified atom stereocenters. The van der Waals surface area contributed by atoms with Gasteiger partial charge in [-0.05, 0) is 18.2 Å². The molecule has 1 heterocycles. The zero-order chi connectivity index (χ0) is 13.7. The number of nitrogens with one attached hydrogen (secondary N) is 1. The van der Waals surface area contributed by atoms with Gasteiger partial charge in [0, 0.05) is 12.1 Å². The van der Waals surface area contributed by atoms with E-state index in [1.165, 1.54) is 11.3 Å². The van der Waals surface area contributed by atoms with Crippen LogP contribution in [-0.2, 0) is 9.53 Å². The van der Waals surface area contributed by atoms with E-state index in [-0.39, 0.29) is 25.7 Å². The van der Waals surface area contributed by atoms with Gasteiger partial charge in [0.15, 0.2) is 0 Å². The van der Waals surface area contributed by atoms with Gasteiger partial charge in [0.25, 0.3) is 5.91 Å². The predicted molar refractivity (Wildman–Crippen MR) is 70.4 cm³/mol. The van der Waals surface area contributed by atoms with Crippen LogP contribution in [0.15, 0.2) is 23.7 Å². The van der Waals surface area contributed by atoms with Gasteiger partial charge in [0.05, 0.1) is 22.3 Å². The zero-order valence-corrected chi connectivity index (χ0v) is 10.8. The van der Waals surface area contributed by atoms with Crippen molar-refractivity contribution in [1.29, 1.82) is 0 Å². The molecule has 0 aliphatic rings. The number of benzene rings is 1. The van der Waals surface area contributed by atoms with E-state index in [9.17, 15) is 9.59 Å². The summed E-state index contributed by atoms with van der Waals surface area (Å²) in [6.07, 6.45) is 0. The van der Waals surface area contributed by atoms with Crippen LogP contribution in [0.3, 0.4) is 0 Å². The molecule has 2 aromatic rings. The van der Waals surface area contributed by atoms with Crippen molar-refractivity contribution in [2.75, 3.05) is 19.8 Å². The van der Waals surface area contributed by atoms with Crippen LogP contribution in [0.4, 0.5) is 0 Å². The van der Waals surface area contributed by atoms with E-state index in [0.717, 1.165) is 10.2 Å². The normalized spacial score (nSPS) is 10.5. The third-order valence-corrected chi connectivity index (χ3v) is 3.14. The minimum absolute atomic E-state index is 0.168. The first-order valence-corrected chi connectivity index (χ1v) is 6.46. The predicted octanol–water partition coefficient (Wildman–Crippen LogP) is 1.13. The molecular formula is C12H12N2O4S. The number of thiazole rings is 1. The second-order valence-corrected chi connectivity index (χ2v) is 4.62. The lowest BCUT2D eigenvalue weighted by Gasteiger charge is -2.05. The van der Waals surface area contributed by atoms with Crippen LogP contribution < -0.4 is 5.32 Å². The molecule has 0 saturated carbocycles.